The van der Waals surface area contributed by atoms with Crippen LogP contribution in [0.5, 0.6) is 0 Å². The summed E-state index contributed by atoms with van der Waals surface area (Å²) in [6.07, 6.45) is 0. The summed E-state index contributed by atoms with van der Waals surface area (Å²) in [6, 6.07) is 8.01. The first-order valence-electron chi connectivity index (χ1n) is 3.27. The molecule has 0 radical (unpaired) electrons. The zero-order chi connectivity index (χ0) is 6.97. The van der Waals surface area contributed by atoms with Crippen molar-refractivity contribution in [2.24, 2.45) is 0 Å². The van der Waals surface area contributed by atoms with Crippen LogP contribution in [-0.4, -0.2) is 9.97 Å². The fraction of sp³-hybridized carbons (Fsp3) is 0.125. The molecular weight excluding hydrogens is 195 g/mol. The van der Waals surface area contributed by atoms with Crippen molar-refractivity contribution in [1.82, 2.24) is 9.97 Å². The second-order valence-electron chi connectivity index (χ2n) is 2.34. The van der Waals surface area contributed by atoms with Gasteiger partial charge in [0.2, 0.25) is 0 Å². The zero-order valence-corrected chi connectivity index (χ0v) is 8.21. The van der Waals surface area contributed by atoms with Gasteiger partial charge in [-0.25, -0.2) is 4.98 Å². The van der Waals surface area contributed by atoms with Crippen molar-refractivity contribution < 1.29 is 0 Å². The number of para-hydroxylation sites is 2. The number of nitrogens with zero attached hydrogens (tertiary/aromatic N) is 1. The van der Waals surface area contributed by atoms with Gasteiger partial charge in [0, 0.05) is 0 Å². The number of halogens is 2. The van der Waals surface area contributed by atoms with Crippen LogP contribution in [0.4, 0.5) is 0 Å². The van der Waals surface area contributed by atoms with Gasteiger partial charge in [0.25, 0.3) is 0 Å². The van der Waals surface area contributed by atoms with Gasteiger partial charge in [0.1, 0.15) is 5.82 Å². The Balaban J connectivity index is 0.000000605. The van der Waals surface area contributed by atoms with Crippen LogP contribution in [-0.2, 0) is 0 Å². The van der Waals surface area contributed by atoms with Gasteiger partial charge in [-0.2, -0.15) is 0 Å². The molecule has 2 rings (SSSR count). The van der Waals surface area contributed by atoms with E-state index in [0.717, 1.165) is 16.9 Å². The number of nitrogens with one attached hydrogen (secondary N) is 1. The van der Waals surface area contributed by atoms with E-state index in [1.807, 2.05) is 31.2 Å². The smallest absolute Gasteiger partial charge is 0.104 e. The molecule has 2 aromatic rings. The molecule has 0 amide bonds. The van der Waals surface area contributed by atoms with E-state index < -0.39 is 0 Å². The third-order valence-electron chi connectivity index (χ3n) is 1.51. The first kappa shape index (κ1) is 11.3. The third-order valence-corrected chi connectivity index (χ3v) is 1.51. The molecule has 1 aromatic heterocycles. The molecule has 0 aliphatic rings. The Morgan fingerprint density at radius 3 is 2.50 bits per heavy atom. The molecule has 66 valence electrons. The Morgan fingerprint density at radius 1 is 1.17 bits per heavy atom. The summed E-state index contributed by atoms with van der Waals surface area (Å²) in [4.78, 5) is 7.40. The Hall–Kier alpha value is -0.730. The number of rotatable bonds is 0. The summed E-state index contributed by atoms with van der Waals surface area (Å²) < 4.78 is 0. The van der Waals surface area contributed by atoms with E-state index in [9.17, 15) is 0 Å². The molecule has 0 unspecified atom stereocenters. The van der Waals surface area contributed by atoms with Crippen molar-refractivity contribution in [3.63, 3.8) is 0 Å². The van der Waals surface area contributed by atoms with Gasteiger partial charge in [-0.3, -0.25) is 0 Å². The van der Waals surface area contributed by atoms with E-state index in [1.54, 1.807) is 0 Å². The number of benzene rings is 1. The topological polar surface area (TPSA) is 28.7 Å². The van der Waals surface area contributed by atoms with Crippen LogP contribution < -0.4 is 0 Å². The predicted octanol–water partition coefficient (Wildman–Crippen LogP) is 2.71. The van der Waals surface area contributed by atoms with Gasteiger partial charge in [0.05, 0.1) is 11.0 Å². The molecule has 1 aromatic carbocycles. The first-order valence-corrected chi connectivity index (χ1v) is 3.27. The minimum absolute atomic E-state index is 0. The molecule has 0 aliphatic heterocycles. The highest BCUT2D eigenvalue weighted by Gasteiger charge is 1.93. The van der Waals surface area contributed by atoms with Gasteiger partial charge in [0.15, 0.2) is 0 Å². The first-order chi connectivity index (χ1) is 4.86. The van der Waals surface area contributed by atoms with Crippen LogP contribution in [0, 0.1) is 6.92 Å². The number of imidazole rings is 1. The second kappa shape index (κ2) is 4.33. The standard InChI is InChI=1S/C8H8N2.2ClH/c1-6-9-7-4-2-3-5-8(7)10-6;;/h2-5H,1H3,(H,9,10);2*1H. The Kier molecular flexibility index (Phi) is 4.07. The molecule has 0 spiro atoms. The molecule has 0 bridgehead atoms. The second-order valence-corrected chi connectivity index (χ2v) is 2.34. The lowest BCUT2D eigenvalue weighted by atomic mass is 10.3. The minimum atomic E-state index is 0. The van der Waals surface area contributed by atoms with Crippen molar-refractivity contribution in [2.45, 2.75) is 6.92 Å². The number of fused-ring (bicyclic) bond motifs is 1. The molecule has 0 aliphatic carbocycles. The van der Waals surface area contributed by atoms with Crippen molar-refractivity contribution in [1.29, 1.82) is 0 Å². The fourth-order valence-corrected chi connectivity index (χ4v) is 1.08. The lowest BCUT2D eigenvalue weighted by Crippen LogP contribution is -1.68. The van der Waals surface area contributed by atoms with Gasteiger partial charge in [-0.1, -0.05) is 12.1 Å². The van der Waals surface area contributed by atoms with Crippen LogP contribution in [0.3, 0.4) is 0 Å². The molecule has 0 saturated heterocycles. The van der Waals surface area contributed by atoms with Crippen LogP contribution in [0.2, 0.25) is 0 Å². The third kappa shape index (κ3) is 1.90. The predicted molar refractivity (Wildman–Crippen MR) is 55.3 cm³/mol. The quantitative estimate of drug-likeness (QED) is 0.703. The van der Waals surface area contributed by atoms with Gasteiger partial charge < -0.3 is 4.98 Å². The SMILES string of the molecule is Cc1nc2ccccc2[nH]1.Cl.Cl. The average Bonchev–Trinajstić information content (AvgIpc) is 2.27. The van der Waals surface area contributed by atoms with Gasteiger partial charge in [-0.15, -0.1) is 24.8 Å². The highest BCUT2D eigenvalue weighted by atomic mass is 35.5. The molecule has 0 atom stereocenters. The van der Waals surface area contributed by atoms with Crippen molar-refractivity contribution in [3.05, 3.63) is 30.1 Å². The highest BCUT2D eigenvalue weighted by Crippen LogP contribution is 2.08. The van der Waals surface area contributed by atoms with E-state index in [1.165, 1.54) is 0 Å². The number of hydrogen-bond donors (Lipinski definition) is 1. The van der Waals surface area contributed by atoms with Crippen molar-refractivity contribution >= 4 is 35.8 Å². The number of aromatic amines is 1. The monoisotopic (exact) mass is 204 g/mol. The zero-order valence-electron chi connectivity index (χ0n) is 6.57. The summed E-state index contributed by atoms with van der Waals surface area (Å²) in [6.45, 7) is 1.96. The Bertz CT molecular complexity index is 324. The Morgan fingerprint density at radius 2 is 1.83 bits per heavy atom. The van der Waals surface area contributed by atoms with Crippen LogP contribution >= 0.6 is 24.8 Å². The molecule has 2 nitrogen and oxygen atoms in total. The minimum Gasteiger partial charge on any atom is -0.342 e. The molecule has 4 heteroatoms. The van der Waals surface area contributed by atoms with Crippen LogP contribution in [0.25, 0.3) is 11.0 Å². The molecular formula is C8H10Cl2N2. The number of hydrogen-bond acceptors (Lipinski definition) is 1. The average molecular weight is 205 g/mol. The highest BCUT2D eigenvalue weighted by molar-refractivity contribution is 5.85. The lowest BCUT2D eigenvalue weighted by Gasteiger charge is -1.81. The van der Waals surface area contributed by atoms with Crippen LogP contribution in [0.1, 0.15) is 5.82 Å². The van der Waals surface area contributed by atoms with Gasteiger partial charge in [-0.05, 0) is 19.1 Å². The number of aryl methyl sites for hydroxylation is 1. The largest absolute Gasteiger partial charge is 0.342 e. The fourth-order valence-electron chi connectivity index (χ4n) is 1.08. The normalized spacial score (nSPS) is 8.75. The Labute approximate surface area is 83.2 Å². The summed E-state index contributed by atoms with van der Waals surface area (Å²) in [5.74, 6) is 0.973. The summed E-state index contributed by atoms with van der Waals surface area (Å²) in [5, 5.41) is 0. The lowest BCUT2D eigenvalue weighted by molar-refractivity contribution is 1.17. The molecule has 0 saturated carbocycles. The maximum absolute atomic E-state index is 4.26. The van der Waals surface area contributed by atoms with E-state index in [4.69, 9.17) is 0 Å². The van der Waals surface area contributed by atoms with Crippen LogP contribution in [0.15, 0.2) is 24.3 Å². The van der Waals surface area contributed by atoms with E-state index in [0.29, 0.717) is 0 Å². The maximum Gasteiger partial charge on any atom is 0.104 e. The summed E-state index contributed by atoms with van der Waals surface area (Å²) in [7, 11) is 0. The van der Waals surface area contributed by atoms with Crippen molar-refractivity contribution in [2.75, 3.05) is 0 Å². The van der Waals surface area contributed by atoms with E-state index >= 15 is 0 Å². The molecule has 1 heterocycles. The number of aromatic nitrogens is 2. The molecule has 12 heavy (non-hydrogen) atoms. The summed E-state index contributed by atoms with van der Waals surface area (Å²) >= 11 is 0. The molecule has 0 fully saturated rings. The maximum atomic E-state index is 4.26. The molecule has 1 N–H and O–H groups in total. The summed E-state index contributed by atoms with van der Waals surface area (Å²) in [5.41, 5.74) is 2.15. The van der Waals surface area contributed by atoms with Gasteiger partial charge >= 0.3 is 0 Å². The van der Waals surface area contributed by atoms with E-state index in [-0.39, 0.29) is 24.8 Å². The van der Waals surface area contributed by atoms with E-state index in [2.05, 4.69) is 9.97 Å². The van der Waals surface area contributed by atoms with Crippen molar-refractivity contribution in [3.8, 4) is 0 Å². The number of H-pyrrole nitrogens is 1.